The first-order chi connectivity index (χ1) is 8.61. The predicted molar refractivity (Wildman–Crippen MR) is 74.9 cm³/mol. The van der Waals surface area contributed by atoms with E-state index in [0.717, 1.165) is 5.02 Å². The number of nitrogens with zero attached hydrogens (tertiary/aromatic N) is 1. The van der Waals surface area contributed by atoms with Crippen LogP contribution in [0.5, 0.6) is 0 Å². The van der Waals surface area contributed by atoms with Crippen LogP contribution in [0.2, 0.25) is 5.02 Å². The first kappa shape index (κ1) is 12.7. The summed E-state index contributed by atoms with van der Waals surface area (Å²) in [6.07, 6.45) is 0. The lowest BCUT2D eigenvalue weighted by Gasteiger charge is -2.15. The minimum absolute atomic E-state index is 0.301. The number of aryl methyl sites for hydroxylation is 1. The highest BCUT2D eigenvalue weighted by Crippen LogP contribution is 2.28. The molecule has 1 unspecified atom stereocenters. The summed E-state index contributed by atoms with van der Waals surface area (Å²) < 4.78 is 0. The molecule has 0 bridgehead atoms. The number of nitriles is 1. The third kappa shape index (κ3) is 2.55. The third-order valence-electron chi connectivity index (χ3n) is 3.24. The van der Waals surface area contributed by atoms with Crippen LogP contribution in [-0.4, -0.2) is 0 Å². The zero-order valence-electron chi connectivity index (χ0n) is 10.4. The Morgan fingerprint density at radius 3 is 2.33 bits per heavy atom. The summed E-state index contributed by atoms with van der Waals surface area (Å²) in [5, 5.41) is 9.56. The van der Waals surface area contributed by atoms with E-state index < -0.39 is 0 Å². The van der Waals surface area contributed by atoms with Gasteiger partial charge in [0, 0.05) is 10.9 Å². The van der Waals surface area contributed by atoms with Gasteiger partial charge in [0.25, 0.3) is 0 Å². The van der Waals surface area contributed by atoms with Crippen molar-refractivity contribution >= 4 is 11.6 Å². The topological polar surface area (TPSA) is 23.8 Å². The SMILES string of the molecule is Cc1cc(Cl)ccc1C(C)c1ccc(C#N)cc1. The molecule has 0 radical (unpaired) electrons. The average molecular weight is 256 g/mol. The molecule has 1 nitrogen and oxygen atoms in total. The van der Waals surface area contributed by atoms with Gasteiger partial charge in [-0.2, -0.15) is 5.26 Å². The fourth-order valence-electron chi connectivity index (χ4n) is 2.15. The fourth-order valence-corrected chi connectivity index (χ4v) is 2.38. The van der Waals surface area contributed by atoms with Gasteiger partial charge in [-0.15, -0.1) is 0 Å². The number of hydrogen-bond acceptors (Lipinski definition) is 1. The van der Waals surface area contributed by atoms with E-state index in [-0.39, 0.29) is 0 Å². The minimum atomic E-state index is 0.301. The highest BCUT2D eigenvalue weighted by molar-refractivity contribution is 6.30. The Morgan fingerprint density at radius 1 is 1.11 bits per heavy atom. The molecule has 1 atom stereocenters. The van der Waals surface area contributed by atoms with E-state index in [1.807, 2.05) is 36.4 Å². The molecule has 0 N–H and O–H groups in total. The Bertz CT molecular complexity index is 593. The Morgan fingerprint density at radius 2 is 1.78 bits per heavy atom. The second-order valence-electron chi connectivity index (χ2n) is 4.46. The van der Waals surface area contributed by atoms with Crippen LogP contribution in [0.3, 0.4) is 0 Å². The van der Waals surface area contributed by atoms with Gasteiger partial charge in [0.2, 0.25) is 0 Å². The molecule has 90 valence electrons. The van der Waals surface area contributed by atoms with E-state index in [9.17, 15) is 0 Å². The lowest BCUT2D eigenvalue weighted by Crippen LogP contribution is -1.98. The van der Waals surface area contributed by atoms with Crippen LogP contribution in [0.25, 0.3) is 0 Å². The lowest BCUT2D eigenvalue weighted by atomic mass is 9.90. The molecule has 2 rings (SSSR count). The molecule has 18 heavy (non-hydrogen) atoms. The fraction of sp³-hybridized carbons (Fsp3) is 0.188. The van der Waals surface area contributed by atoms with Crippen molar-refractivity contribution in [3.63, 3.8) is 0 Å². The van der Waals surface area contributed by atoms with Gasteiger partial charge in [-0.1, -0.05) is 36.7 Å². The number of halogens is 1. The molecular weight excluding hydrogens is 242 g/mol. The standard InChI is InChI=1S/C16H14ClN/c1-11-9-15(17)7-8-16(11)12(2)14-5-3-13(10-18)4-6-14/h3-9,12H,1-2H3. The van der Waals surface area contributed by atoms with Gasteiger partial charge in [-0.25, -0.2) is 0 Å². The van der Waals surface area contributed by atoms with Crippen molar-refractivity contribution in [2.24, 2.45) is 0 Å². The van der Waals surface area contributed by atoms with Crippen molar-refractivity contribution in [2.75, 3.05) is 0 Å². The van der Waals surface area contributed by atoms with E-state index in [2.05, 4.69) is 26.0 Å². The molecule has 0 aliphatic carbocycles. The van der Waals surface area contributed by atoms with Crippen LogP contribution >= 0.6 is 11.6 Å². The molecule has 2 aromatic rings. The molecule has 0 aromatic heterocycles. The molecule has 2 aromatic carbocycles. The van der Waals surface area contributed by atoms with Crippen LogP contribution in [0.1, 0.15) is 35.1 Å². The normalized spacial score (nSPS) is 11.9. The van der Waals surface area contributed by atoms with Gasteiger partial charge in [0.15, 0.2) is 0 Å². The zero-order valence-corrected chi connectivity index (χ0v) is 11.2. The average Bonchev–Trinajstić information content (AvgIpc) is 2.38. The van der Waals surface area contributed by atoms with Gasteiger partial charge >= 0.3 is 0 Å². The van der Waals surface area contributed by atoms with Crippen molar-refractivity contribution in [1.29, 1.82) is 5.26 Å². The minimum Gasteiger partial charge on any atom is -0.192 e. The molecule has 0 fully saturated rings. The second-order valence-corrected chi connectivity index (χ2v) is 4.89. The van der Waals surface area contributed by atoms with Crippen LogP contribution in [0, 0.1) is 18.3 Å². The first-order valence-electron chi connectivity index (χ1n) is 5.88. The maximum absolute atomic E-state index is 8.79. The van der Waals surface area contributed by atoms with Crippen molar-refractivity contribution < 1.29 is 0 Å². The van der Waals surface area contributed by atoms with Crippen molar-refractivity contribution in [2.45, 2.75) is 19.8 Å². The van der Waals surface area contributed by atoms with Crippen LogP contribution in [0.15, 0.2) is 42.5 Å². The van der Waals surface area contributed by atoms with Crippen LogP contribution < -0.4 is 0 Å². The Kier molecular flexibility index (Phi) is 3.69. The van der Waals surface area contributed by atoms with Crippen molar-refractivity contribution in [1.82, 2.24) is 0 Å². The maximum Gasteiger partial charge on any atom is 0.0991 e. The summed E-state index contributed by atoms with van der Waals surface area (Å²) in [6, 6.07) is 15.8. The van der Waals surface area contributed by atoms with E-state index in [1.54, 1.807) is 0 Å². The summed E-state index contributed by atoms with van der Waals surface area (Å²) in [5.41, 5.74) is 4.36. The second kappa shape index (κ2) is 5.25. The Labute approximate surface area is 113 Å². The number of hydrogen-bond donors (Lipinski definition) is 0. The summed E-state index contributed by atoms with van der Waals surface area (Å²) in [6.45, 7) is 4.24. The van der Waals surface area contributed by atoms with Crippen molar-refractivity contribution in [3.8, 4) is 6.07 Å². The molecular formula is C16H14ClN. The van der Waals surface area contributed by atoms with Gasteiger partial charge in [0.1, 0.15) is 0 Å². The van der Waals surface area contributed by atoms with Gasteiger partial charge in [-0.3, -0.25) is 0 Å². The largest absolute Gasteiger partial charge is 0.192 e. The smallest absolute Gasteiger partial charge is 0.0991 e. The molecule has 0 aliphatic rings. The number of benzene rings is 2. The predicted octanol–water partition coefficient (Wildman–Crippen LogP) is 4.67. The van der Waals surface area contributed by atoms with E-state index >= 15 is 0 Å². The molecule has 0 spiro atoms. The van der Waals surface area contributed by atoms with Crippen molar-refractivity contribution in [3.05, 3.63) is 69.7 Å². The van der Waals surface area contributed by atoms with Gasteiger partial charge in [-0.05, 0) is 47.9 Å². The summed E-state index contributed by atoms with van der Waals surface area (Å²) in [5.74, 6) is 0.301. The molecule has 0 heterocycles. The maximum atomic E-state index is 8.79. The van der Waals surface area contributed by atoms with E-state index in [1.165, 1.54) is 16.7 Å². The van der Waals surface area contributed by atoms with Gasteiger partial charge in [0.05, 0.1) is 11.6 Å². The molecule has 2 heteroatoms. The molecule has 0 amide bonds. The summed E-state index contributed by atoms with van der Waals surface area (Å²) in [7, 11) is 0. The van der Waals surface area contributed by atoms with E-state index in [0.29, 0.717) is 11.5 Å². The lowest BCUT2D eigenvalue weighted by molar-refractivity contribution is 0.910. The molecule has 0 saturated heterocycles. The number of rotatable bonds is 2. The Hall–Kier alpha value is -1.78. The highest BCUT2D eigenvalue weighted by Gasteiger charge is 2.11. The van der Waals surface area contributed by atoms with Crippen LogP contribution in [0.4, 0.5) is 0 Å². The van der Waals surface area contributed by atoms with E-state index in [4.69, 9.17) is 16.9 Å². The zero-order chi connectivity index (χ0) is 13.1. The molecule has 0 aliphatic heterocycles. The summed E-state index contributed by atoms with van der Waals surface area (Å²) >= 11 is 5.97. The molecule has 0 saturated carbocycles. The first-order valence-corrected chi connectivity index (χ1v) is 6.25. The quantitative estimate of drug-likeness (QED) is 0.765. The summed E-state index contributed by atoms with van der Waals surface area (Å²) in [4.78, 5) is 0. The van der Waals surface area contributed by atoms with Crippen LogP contribution in [-0.2, 0) is 0 Å². The monoisotopic (exact) mass is 255 g/mol. The third-order valence-corrected chi connectivity index (χ3v) is 3.47. The Balaban J connectivity index is 2.35. The van der Waals surface area contributed by atoms with Gasteiger partial charge < -0.3 is 0 Å². The highest BCUT2D eigenvalue weighted by atomic mass is 35.5.